The molecule has 0 spiro atoms. The number of carbonyl (C=O) groups is 1. The second-order valence-corrected chi connectivity index (χ2v) is 7.48. The zero-order valence-electron chi connectivity index (χ0n) is 16.7. The normalized spacial score (nSPS) is 11.1. The van der Waals surface area contributed by atoms with E-state index in [1.165, 1.54) is 0 Å². The molecule has 1 aromatic carbocycles. The van der Waals surface area contributed by atoms with E-state index in [1.54, 1.807) is 23.0 Å². The topological polar surface area (TPSA) is 69.3 Å². The maximum atomic E-state index is 12.4. The highest BCUT2D eigenvalue weighted by Crippen LogP contribution is 2.32. The van der Waals surface area contributed by atoms with Crippen molar-refractivity contribution in [1.29, 1.82) is 0 Å². The first kappa shape index (κ1) is 20.0. The minimum Gasteiger partial charge on any atom is -0.485 e. The summed E-state index contributed by atoms with van der Waals surface area (Å²) in [6, 6.07) is 7.24. The Balaban J connectivity index is 1.69. The summed E-state index contributed by atoms with van der Waals surface area (Å²) < 4.78 is 13.3. The van der Waals surface area contributed by atoms with E-state index in [0.717, 1.165) is 27.6 Å². The van der Waals surface area contributed by atoms with Crippen LogP contribution in [0.25, 0.3) is 0 Å². The van der Waals surface area contributed by atoms with Crippen LogP contribution in [0.1, 0.15) is 52.9 Å². The number of anilines is 1. The van der Waals surface area contributed by atoms with Gasteiger partial charge in [0.25, 0.3) is 5.91 Å². The Morgan fingerprint density at radius 3 is 2.71 bits per heavy atom. The van der Waals surface area contributed by atoms with Crippen molar-refractivity contribution in [2.45, 2.75) is 40.2 Å². The minimum atomic E-state index is -0.326. The predicted molar refractivity (Wildman–Crippen MR) is 109 cm³/mol. The van der Waals surface area contributed by atoms with Gasteiger partial charge in [-0.1, -0.05) is 25.4 Å². The average Bonchev–Trinajstić information content (AvgIpc) is 3.24. The van der Waals surface area contributed by atoms with Crippen molar-refractivity contribution in [2.24, 2.45) is 7.05 Å². The number of amides is 1. The molecule has 3 aromatic rings. The number of aromatic nitrogens is 2. The molecular formula is C21H24ClN3O3. The SMILES string of the molecule is Cc1cc(OCc2ccc(C(=O)Nc3cnn(C)c3C)o2)c(C(C)C)cc1Cl. The summed E-state index contributed by atoms with van der Waals surface area (Å²) >= 11 is 6.24. The monoisotopic (exact) mass is 401 g/mol. The maximum Gasteiger partial charge on any atom is 0.291 e. The summed E-state index contributed by atoms with van der Waals surface area (Å²) in [5.74, 6) is 1.50. The van der Waals surface area contributed by atoms with Crippen molar-refractivity contribution in [3.8, 4) is 5.75 Å². The van der Waals surface area contributed by atoms with Crippen molar-refractivity contribution in [3.63, 3.8) is 0 Å². The van der Waals surface area contributed by atoms with E-state index in [-0.39, 0.29) is 24.2 Å². The largest absolute Gasteiger partial charge is 0.485 e. The van der Waals surface area contributed by atoms with E-state index < -0.39 is 0 Å². The summed E-state index contributed by atoms with van der Waals surface area (Å²) in [4.78, 5) is 12.4. The maximum absolute atomic E-state index is 12.4. The van der Waals surface area contributed by atoms with Gasteiger partial charge in [0.2, 0.25) is 0 Å². The van der Waals surface area contributed by atoms with Gasteiger partial charge < -0.3 is 14.5 Å². The molecule has 0 radical (unpaired) electrons. The smallest absolute Gasteiger partial charge is 0.291 e. The van der Waals surface area contributed by atoms with Crippen molar-refractivity contribution < 1.29 is 13.9 Å². The van der Waals surface area contributed by atoms with Gasteiger partial charge in [-0.15, -0.1) is 0 Å². The molecule has 0 fully saturated rings. The van der Waals surface area contributed by atoms with Gasteiger partial charge in [0, 0.05) is 12.1 Å². The standard InChI is InChI=1S/C21H24ClN3O3/c1-12(2)16-9-17(22)13(3)8-20(16)27-11-15-6-7-19(28-15)21(26)24-18-10-23-25(5)14(18)4/h6-10,12H,11H2,1-5H3,(H,24,26). The number of hydrogen-bond acceptors (Lipinski definition) is 4. The van der Waals surface area contributed by atoms with Crippen LogP contribution in [0.15, 0.2) is 34.9 Å². The lowest BCUT2D eigenvalue weighted by Crippen LogP contribution is -2.11. The third kappa shape index (κ3) is 4.22. The molecule has 1 N–H and O–H groups in total. The first-order valence-corrected chi connectivity index (χ1v) is 9.45. The van der Waals surface area contributed by atoms with Crippen LogP contribution in [-0.2, 0) is 13.7 Å². The Hall–Kier alpha value is -2.73. The van der Waals surface area contributed by atoms with Crippen LogP contribution in [0.2, 0.25) is 5.02 Å². The predicted octanol–water partition coefficient (Wildman–Crippen LogP) is 5.24. The van der Waals surface area contributed by atoms with Gasteiger partial charge in [-0.25, -0.2) is 0 Å². The number of rotatable bonds is 6. The molecule has 2 heterocycles. The van der Waals surface area contributed by atoms with Crippen molar-refractivity contribution >= 4 is 23.2 Å². The highest BCUT2D eigenvalue weighted by Gasteiger charge is 2.16. The van der Waals surface area contributed by atoms with Gasteiger partial charge in [-0.05, 0) is 55.2 Å². The molecule has 28 heavy (non-hydrogen) atoms. The lowest BCUT2D eigenvalue weighted by Gasteiger charge is -2.15. The van der Waals surface area contributed by atoms with Crippen molar-refractivity contribution in [1.82, 2.24) is 9.78 Å². The van der Waals surface area contributed by atoms with Crippen molar-refractivity contribution in [2.75, 3.05) is 5.32 Å². The second kappa shape index (κ2) is 8.10. The number of halogens is 1. The molecule has 0 aliphatic heterocycles. The Morgan fingerprint density at radius 1 is 1.32 bits per heavy atom. The molecule has 0 bridgehead atoms. The summed E-state index contributed by atoms with van der Waals surface area (Å²) in [6.45, 7) is 8.21. The molecule has 3 rings (SSSR count). The summed E-state index contributed by atoms with van der Waals surface area (Å²) in [5, 5.41) is 7.63. The fourth-order valence-corrected chi connectivity index (χ4v) is 2.95. The zero-order chi connectivity index (χ0) is 20.4. The highest BCUT2D eigenvalue weighted by atomic mass is 35.5. The van der Waals surface area contributed by atoms with Gasteiger partial charge >= 0.3 is 0 Å². The first-order valence-electron chi connectivity index (χ1n) is 9.07. The Morgan fingerprint density at radius 2 is 2.07 bits per heavy atom. The number of nitrogens with zero attached hydrogens (tertiary/aromatic N) is 2. The van der Waals surface area contributed by atoms with E-state index in [0.29, 0.717) is 11.4 Å². The summed E-state index contributed by atoms with van der Waals surface area (Å²) in [5.41, 5.74) is 3.50. The van der Waals surface area contributed by atoms with Crippen molar-refractivity contribution in [3.05, 3.63) is 63.8 Å². The summed E-state index contributed by atoms with van der Waals surface area (Å²) in [6.07, 6.45) is 1.61. The fourth-order valence-electron chi connectivity index (χ4n) is 2.78. The molecular weight excluding hydrogens is 378 g/mol. The van der Waals surface area contributed by atoms with Gasteiger partial charge in [0.15, 0.2) is 5.76 Å². The molecule has 0 atom stereocenters. The van der Waals surface area contributed by atoms with Crippen LogP contribution >= 0.6 is 11.6 Å². The molecule has 0 saturated heterocycles. The molecule has 2 aromatic heterocycles. The lowest BCUT2D eigenvalue weighted by atomic mass is 10.0. The highest BCUT2D eigenvalue weighted by molar-refractivity contribution is 6.31. The Bertz CT molecular complexity index is 1000. The van der Waals surface area contributed by atoms with E-state index in [9.17, 15) is 4.79 Å². The molecule has 0 aliphatic carbocycles. The van der Waals surface area contributed by atoms with Crippen LogP contribution in [0.5, 0.6) is 5.75 Å². The van der Waals surface area contributed by atoms with E-state index in [1.807, 2.05) is 33.0 Å². The molecule has 0 aliphatic rings. The first-order chi connectivity index (χ1) is 13.3. The fraction of sp³-hybridized carbons (Fsp3) is 0.333. The van der Waals surface area contributed by atoms with Crippen LogP contribution in [-0.4, -0.2) is 15.7 Å². The van der Waals surface area contributed by atoms with Gasteiger partial charge in [0.05, 0.1) is 17.6 Å². The van der Waals surface area contributed by atoms with Crippen LogP contribution in [0.4, 0.5) is 5.69 Å². The number of furan rings is 1. The molecule has 7 heteroatoms. The molecule has 0 saturated carbocycles. The zero-order valence-corrected chi connectivity index (χ0v) is 17.4. The second-order valence-electron chi connectivity index (χ2n) is 7.07. The van der Waals surface area contributed by atoms with Crippen LogP contribution < -0.4 is 10.1 Å². The van der Waals surface area contributed by atoms with Gasteiger partial charge in [-0.2, -0.15) is 5.10 Å². The van der Waals surface area contributed by atoms with E-state index >= 15 is 0 Å². The lowest BCUT2D eigenvalue weighted by molar-refractivity contribution is 0.0992. The number of hydrogen-bond donors (Lipinski definition) is 1. The van der Waals surface area contributed by atoms with E-state index in [4.69, 9.17) is 20.8 Å². The van der Waals surface area contributed by atoms with Gasteiger partial charge in [0.1, 0.15) is 18.1 Å². The molecule has 0 unspecified atom stereocenters. The number of ether oxygens (including phenoxy) is 1. The number of carbonyl (C=O) groups excluding carboxylic acids is 1. The molecule has 148 valence electrons. The van der Waals surface area contributed by atoms with Crippen LogP contribution in [0.3, 0.4) is 0 Å². The van der Waals surface area contributed by atoms with Crippen LogP contribution in [0, 0.1) is 13.8 Å². The van der Waals surface area contributed by atoms with E-state index in [2.05, 4.69) is 24.3 Å². The molecule has 1 amide bonds. The van der Waals surface area contributed by atoms with Gasteiger partial charge in [-0.3, -0.25) is 9.48 Å². The number of benzene rings is 1. The third-order valence-electron chi connectivity index (χ3n) is 4.65. The number of nitrogens with one attached hydrogen (secondary N) is 1. The number of aryl methyl sites for hydroxylation is 2. The summed E-state index contributed by atoms with van der Waals surface area (Å²) in [7, 11) is 1.82. The third-order valence-corrected chi connectivity index (χ3v) is 5.06. The minimum absolute atomic E-state index is 0.221. The Kier molecular flexibility index (Phi) is 5.79. The quantitative estimate of drug-likeness (QED) is 0.613. The molecule has 6 nitrogen and oxygen atoms in total. The average molecular weight is 402 g/mol. The Labute approximate surface area is 169 Å².